The summed E-state index contributed by atoms with van der Waals surface area (Å²) in [5.41, 5.74) is 0.385. The van der Waals surface area contributed by atoms with Gasteiger partial charge < -0.3 is 4.74 Å². The first kappa shape index (κ1) is 15.1. The van der Waals surface area contributed by atoms with Crippen molar-refractivity contribution >= 4 is 35.0 Å². The predicted octanol–water partition coefficient (Wildman–Crippen LogP) is 5.17. The van der Waals surface area contributed by atoms with Gasteiger partial charge in [0, 0.05) is 16.4 Å². The molecule has 0 N–H and O–H groups in total. The van der Waals surface area contributed by atoms with Crippen LogP contribution in [-0.4, -0.2) is 12.1 Å². The Morgan fingerprint density at radius 1 is 1.43 bits per heavy atom. The third-order valence-corrected chi connectivity index (χ3v) is 7.15. The number of esters is 1. The minimum atomic E-state index is -0.242. The fourth-order valence-electron chi connectivity index (χ4n) is 4.06. The molecule has 4 heteroatoms. The Balaban J connectivity index is 1.65. The summed E-state index contributed by atoms with van der Waals surface area (Å²) in [5.74, 6) is 0.439. The number of carbonyl (C=O) groups is 1. The van der Waals surface area contributed by atoms with Crippen molar-refractivity contribution in [3.05, 3.63) is 27.4 Å². The smallest absolute Gasteiger partial charge is 0.331 e. The highest BCUT2D eigenvalue weighted by Gasteiger charge is 2.62. The van der Waals surface area contributed by atoms with E-state index in [-0.39, 0.29) is 22.9 Å². The van der Waals surface area contributed by atoms with E-state index in [1.165, 1.54) is 23.8 Å². The molecular weight excluding hydrogens is 304 g/mol. The molecule has 0 spiro atoms. The van der Waals surface area contributed by atoms with Gasteiger partial charge in [0.15, 0.2) is 0 Å². The van der Waals surface area contributed by atoms with E-state index in [0.717, 1.165) is 22.1 Å². The maximum absolute atomic E-state index is 12.1. The lowest BCUT2D eigenvalue weighted by molar-refractivity contribution is -0.150. The van der Waals surface area contributed by atoms with Crippen LogP contribution in [0.4, 0.5) is 0 Å². The lowest BCUT2D eigenvalue weighted by atomic mass is 9.70. The van der Waals surface area contributed by atoms with Crippen molar-refractivity contribution < 1.29 is 9.53 Å². The fraction of sp³-hybridized carbons (Fsp3) is 0.588. The molecule has 1 heterocycles. The normalized spacial score (nSPS) is 33.7. The summed E-state index contributed by atoms with van der Waals surface area (Å²) in [6.45, 7) is 6.92. The van der Waals surface area contributed by atoms with Crippen molar-refractivity contribution in [2.45, 2.75) is 46.1 Å². The van der Waals surface area contributed by atoms with Crippen LogP contribution in [0.25, 0.3) is 6.08 Å². The van der Waals surface area contributed by atoms with E-state index in [9.17, 15) is 4.79 Å². The number of ether oxygens (including phenoxy) is 1. The maximum Gasteiger partial charge on any atom is 0.331 e. The summed E-state index contributed by atoms with van der Waals surface area (Å²) in [4.78, 5) is 13.0. The summed E-state index contributed by atoms with van der Waals surface area (Å²) in [5, 5.41) is 0. The van der Waals surface area contributed by atoms with E-state index >= 15 is 0 Å². The van der Waals surface area contributed by atoms with Gasteiger partial charge in [0.05, 0.1) is 4.34 Å². The molecule has 114 valence electrons. The average molecular weight is 325 g/mol. The van der Waals surface area contributed by atoms with Gasteiger partial charge in [0.2, 0.25) is 0 Å². The van der Waals surface area contributed by atoms with Crippen molar-refractivity contribution in [3.63, 3.8) is 0 Å². The zero-order chi connectivity index (χ0) is 15.3. The number of fused-ring (bicyclic) bond motifs is 2. The molecule has 3 unspecified atom stereocenters. The minimum Gasteiger partial charge on any atom is -0.459 e. The predicted molar refractivity (Wildman–Crippen MR) is 87.5 cm³/mol. The average Bonchev–Trinajstić information content (AvgIpc) is 2.98. The fourth-order valence-corrected chi connectivity index (χ4v) is 5.02. The molecule has 2 saturated carbocycles. The molecule has 3 rings (SSSR count). The largest absolute Gasteiger partial charge is 0.459 e. The highest BCUT2D eigenvalue weighted by molar-refractivity contribution is 7.17. The van der Waals surface area contributed by atoms with E-state index < -0.39 is 0 Å². The van der Waals surface area contributed by atoms with Crippen molar-refractivity contribution in [3.8, 4) is 0 Å². The van der Waals surface area contributed by atoms with E-state index in [4.69, 9.17) is 16.3 Å². The number of hydrogen-bond acceptors (Lipinski definition) is 3. The Bertz CT molecular complexity index is 589. The number of rotatable bonds is 3. The van der Waals surface area contributed by atoms with Crippen LogP contribution in [-0.2, 0) is 9.53 Å². The van der Waals surface area contributed by atoms with Crippen LogP contribution in [0.2, 0.25) is 4.34 Å². The first-order valence-corrected chi connectivity index (χ1v) is 8.66. The highest BCUT2D eigenvalue weighted by Crippen LogP contribution is 2.66. The van der Waals surface area contributed by atoms with Crippen molar-refractivity contribution in [1.82, 2.24) is 0 Å². The molecule has 1 aromatic rings. The first-order valence-electron chi connectivity index (χ1n) is 7.47. The summed E-state index contributed by atoms with van der Waals surface area (Å²) in [6.07, 6.45) is 6.78. The molecule has 0 amide bonds. The van der Waals surface area contributed by atoms with Gasteiger partial charge in [0.25, 0.3) is 0 Å². The minimum absolute atomic E-state index is 0.0512. The van der Waals surface area contributed by atoms with Gasteiger partial charge in [-0.05, 0) is 48.8 Å². The molecule has 0 radical (unpaired) electrons. The van der Waals surface area contributed by atoms with Gasteiger partial charge in [-0.15, -0.1) is 11.3 Å². The molecule has 2 aliphatic carbocycles. The third kappa shape index (κ3) is 2.44. The van der Waals surface area contributed by atoms with E-state index in [0.29, 0.717) is 5.92 Å². The second kappa shape index (κ2) is 5.13. The quantitative estimate of drug-likeness (QED) is 0.566. The summed E-state index contributed by atoms with van der Waals surface area (Å²) < 4.78 is 6.49. The van der Waals surface area contributed by atoms with Gasteiger partial charge in [0.1, 0.15) is 6.10 Å². The first-order chi connectivity index (χ1) is 9.83. The van der Waals surface area contributed by atoms with Crippen LogP contribution >= 0.6 is 22.9 Å². The summed E-state index contributed by atoms with van der Waals surface area (Å²) in [6, 6.07) is 3.73. The van der Waals surface area contributed by atoms with Crippen LogP contribution in [0, 0.1) is 16.7 Å². The standard InChI is InChI=1S/C17H21ClO2S/c1-16(2)11-8-9-17(16,3)13(10-11)20-15(19)7-5-12-4-6-14(18)21-12/h4-7,11,13H,8-10H2,1-3H3/b7-5+. The molecule has 2 bridgehead atoms. The number of halogens is 1. The van der Waals surface area contributed by atoms with Crippen molar-refractivity contribution in [2.75, 3.05) is 0 Å². The third-order valence-electron chi connectivity index (χ3n) is 5.95. The Hall–Kier alpha value is -0.800. The molecule has 0 saturated heterocycles. The van der Waals surface area contributed by atoms with Gasteiger partial charge in [-0.2, -0.15) is 0 Å². The van der Waals surface area contributed by atoms with Crippen LogP contribution in [0.5, 0.6) is 0 Å². The maximum atomic E-state index is 12.1. The number of carbonyl (C=O) groups excluding carboxylic acids is 1. The second-order valence-electron chi connectivity index (χ2n) is 7.01. The number of hydrogen-bond donors (Lipinski definition) is 0. The zero-order valence-corrected chi connectivity index (χ0v) is 14.3. The van der Waals surface area contributed by atoms with Crippen LogP contribution in [0.15, 0.2) is 18.2 Å². The molecule has 2 aliphatic rings. The van der Waals surface area contributed by atoms with E-state index in [2.05, 4.69) is 20.8 Å². The van der Waals surface area contributed by atoms with Gasteiger partial charge in [-0.3, -0.25) is 0 Å². The van der Waals surface area contributed by atoms with E-state index in [1.54, 1.807) is 6.08 Å². The van der Waals surface area contributed by atoms with E-state index in [1.807, 2.05) is 12.1 Å². The van der Waals surface area contributed by atoms with Crippen LogP contribution in [0.1, 0.15) is 44.9 Å². The van der Waals surface area contributed by atoms with Crippen LogP contribution < -0.4 is 0 Å². The lowest BCUT2D eigenvalue weighted by Crippen LogP contribution is -2.38. The zero-order valence-electron chi connectivity index (χ0n) is 12.7. The summed E-state index contributed by atoms with van der Waals surface area (Å²) in [7, 11) is 0. The highest BCUT2D eigenvalue weighted by atomic mass is 35.5. The molecule has 3 atom stereocenters. The molecule has 2 nitrogen and oxygen atoms in total. The summed E-state index contributed by atoms with van der Waals surface area (Å²) >= 11 is 7.33. The number of thiophene rings is 1. The Labute approximate surface area is 135 Å². The Morgan fingerprint density at radius 2 is 2.19 bits per heavy atom. The SMILES string of the molecule is CC1(C)C2CCC1(C)C(OC(=O)/C=C/c1ccc(Cl)s1)C2. The molecule has 0 aliphatic heterocycles. The second-order valence-corrected chi connectivity index (χ2v) is 8.76. The Kier molecular flexibility index (Phi) is 3.69. The molecule has 1 aromatic heterocycles. The van der Waals surface area contributed by atoms with Gasteiger partial charge >= 0.3 is 5.97 Å². The molecular formula is C17H21ClO2S. The topological polar surface area (TPSA) is 26.3 Å². The Morgan fingerprint density at radius 3 is 2.71 bits per heavy atom. The molecule has 2 fully saturated rings. The van der Waals surface area contributed by atoms with Crippen molar-refractivity contribution in [2.24, 2.45) is 16.7 Å². The molecule has 0 aromatic carbocycles. The molecule has 21 heavy (non-hydrogen) atoms. The lowest BCUT2D eigenvalue weighted by Gasteiger charge is -2.38. The van der Waals surface area contributed by atoms with Gasteiger partial charge in [-0.25, -0.2) is 4.79 Å². The van der Waals surface area contributed by atoms with Gasteiger partial charge in [-0.1, -0.05) is 32.4 Å². The van der Waals surface area contributed by atoms with Crippen LogP contribution in [0.3, 0.4) is 0 Å². The van der Waals surface area contributed by atoms with Crippen molar-refractivity contribution in [1.29, 1.82) is 0 Å². The monoisotopic (exact) mass is 324 g/mol.